The van der Waals surface area contributed by atoms with Crippen LogP contribution in [0.25, 0.3) is 0 Å². The van der Waals surface area contributed by atoms with Gasteiger partial charge in [-0.2, -0.15) is 0 Å². The predicted octanol–water partition coefficient (Wildman–Crippen LogP) is 1.34. The van der Waals surface area contributed by atoms with Crippen molar-refractivity contribution >= 4 is 11.6 Å². The molecule has 1 aliphatic heterocycles. The summed E-state index contributed by atoms with van der Waals surface area (Å²) in [5.74, 6) is 2.42. The number of nitrogens with zero attached hydrogens (tertiary/aromatic N) is 1. The molecule has 0 spiro atoms. The lowest BCUT2D eigenvalue weighted by atomic mass is 9.78. The first-order chi connectivity index (χ1) is 12.6. The highest BCUT2D eigenvalue weighted by Crippen LogP contribution is 2.29. The third-order valence-electron chi connectivity index (χ3n) is 6.37. The SMILES string of the molecule is COc1ccc(N2CC[NH+](CC(=O)N[C@@H]3CCC[C@@H](C)[C@H]3C)CC2)cc1. The molecule has 1 aromatic carbocycles. The normalized spacial score (nSPS) is 27.2. The molecule has 0 radical (unpaired) electrons. The molecule has 0 aromatic heterocycles. The largest absolute Gasteiger partial charge is 0.497 e. The Hall–Kier alpha value is -1.75. The predicted molar refractivity (Wildman–Crippen MR) is 105 cm³/mol. The zero-order valence-corrected chi connectivity index (χ0v) is 16.5. The molecule has 2 aliphatic rings. The van der Waals surface area contributed by atoms with Crippen molar-refractivity contribution in [2.45, 2.75) is 39.2 Å². The first-order valence-electron chi connectivity index (χ1n) is 10.1. The summed E-state index contributed by atoms with van der Waals surface area (Å²) in [5.41, 5.74) is 1.24. The molecule has 1 saturated carbocycles. The number of methoxy groups -OCH3 is 1. The number of anilines is 1. The van der Waals surface area contributed by atoms with Crippen LogP contribution in [0, 0.1) is 11.8 Å². The Morgan fingerprint density at radius 3 is 2.54 bits per heavy atom. The van der Waals surface area contributed by atoms with E-state index in [9.17, 15) is 4.79 Å². The zero-order valence-electron chi connectivity index (χ0n) is 16.5. The quantitative estimate of drug-likeness (QED) is 0.833. The summed E-state index contributed by atoms with van der Waals surface area (Å²) in [5, 5.41) is 3.31. The van der Waals surface area contributed by atoms with Crippen LogP contribution in [0.5, 0.6) is 5.75 Å². The molecule has 2 fully saturated rings. The van der Waals surface area contributed by atoms with Crippen molar-refractivity contribution < 1.29 is 14.4 Å². The summed E-state index contributed by atoms with van der Waals surface area (Å²) in [6.45, 7) is 9.21. The van der Waals surface area contributed by atoms with Crippen molar-refractivity contribution in [3.63, 3.8) is 0 Å². The summed E-state index contributed by atoms with van der Waals surface area (Å²) >= 11 is 0. The van der Waals surface area contributed by atoms with E-state index < -0.39 is 0 Å². The first kappa shape index (κ1) is 19.0. The second-order valence-electron chi connectivity index (χ2n) is 8.05. The zero-order chi connectivity index (χ0) is 18.5. The molecule has 0 bridgehead atoms. The van der Waals surface area contributed by atoms with E-state index >= 15 is 0 Å². The van der Waals surface area contributed by atoms with E-state index in [-0.39, 0.29) is 5.91 Å². The Bertz CT molecular complexity index is 581. The van der Waals surface area contributed by atoms with Crippen molar-refractivity contribution in [2.24, 2.45) is 11.8 Å². The van der Waals surface area contributed by atoms with Gasteiger partial charge in [0.2, 0.25) is 0 Å². The molecule has 3 atom stereocenters. The maximum atomic E-state index is 12.5. The van der Waals surface area contributed by atoms with Gasteiger partial charge in [0.1, 0.15) is 5.75 Å². The van der Waals surface area contributed by atoms with E-state index in [2.05, 4.69) is 36.2 Å². The number of hydrogen-bond donors (Lipinski definition) is 2. The fraction of sp³-hybridized carbons (Fsp3) is 0.667. The molecule has 1 aromatic rings. The van der Waals surface area contributed by atoms with Crippen LogP contribution >= 0.6 is 0 Å². The van der Waals surface area contributed by atoms with Crippen molar-refractivity contribution in [1.82, 2.24) is 5.32 Å². The average molecular weight is 361 g/mol. The van der Waals surface area contributed by atoms with E-state index in [0.717, 1.165) is 44.3 Å². The van der Waals surface area contributed by atoms with Crippen LogP contribution in [0.2, 0.25) is 0 Å². The van der Waals surface area contributed by atoms with Gasteiger partial charge < -0.3 is 19.9 Å². The molecule has 5 heteroatoms. The number of rotatable bonds is 5. The van der Waals surface area contributed by atoms with Crippen LogP contribution in [0.3, 0.4) is 0 Å². The summed E-state index contributed by atoms with van der Waals surface area (Å²) in [7, 11) is 1.69. The van der Waals surface area contributed by atoms with E-state index in [1.165, 1.54) is 23.4 Å². The Labute approximate surface area is 157 Å². The van der Waals surface area contributed by atoms with E-state index in [0.29, 0.717) is 18.5 Å². The molecule has 1 aliphatic carbocycles. The van der Waals surface area contributed by atoms with Crippen molar-refractivity contribution in [3.05, 3.63) is 24.3 Å². The first-order valence-corrected chi connectivity index (χ1v) is 10.1. The number of hydrogen-bond acceptors (Lipinski definition) is 3. The number of amides is 1. The van der Waals surface area contributed by atoms with Gasteiger partial charge in [-0.3, -0.25) is 4.79 Å². The maximum absolute atomic E-state index is 12.5. The third kappa shape index (κ3) is 4.70. The number of piperazine rings is 1. The molecule has 1 saturated heterocycles. The molecule has 144 valence electrons. The number of carbonyl (C=O) groups is 1. The second-order valence-corrected chi connectivity index (χ2v) is 8.05. The van der Waals surface area contributed by atoms with Gasteiger partial charge in [0, 0.05) is 11.7 Å². The van der Waals surface area contributed by atoms with Crippen molar-refractivity contribution in [2.75, 3.05) is 44.7 Å². The molecule has 1 heterocycles. The molecule has 26 heavy (non-hydrogen) atoms. The van der Waals surface area contributed by atoms with Gasteiger partial charge in [0.15, 0.2) is 6.54 Å². The Morgan fingerprint density at radius 2 is 1.88 bits per heavy atom. The smallest absolute Gasteiger partial charge is 0.275 e. The van der Waals surface area contributed by atoms with Crippen LogP contribution in [-0.4, -0.2) is 51.8 Å². The second kappa shape index (κ2) is 8.76. The van der Waals surface area contributed by atoms with E-state index in [4.69, 9.17) is 4.74 Å². The molecule has 1 amide bonds. The number of nitrogens with one attached hydrogen (secondary N) is 2. The molecule has 0 unspecified atom stereocenters. The lowest BCUT2D eigenvalue weighted by molar-refractivity contribution is -0.892. The standard InChI is InChI=1S/C21H33N3O2/c1-16-5-4-6-20(17(16)2)22-21(25)15-23-11-13-24(14-12-23)18-7-9-19(26-3)10-8-18/h7-10,16-17,20H,4-6,11-15H2,1-3H3,(H,22,25)/p+1/t16-,17-,20-/m1/s1. The van der Waals surface area contributed by atoms with Gasteiger partial charge in [-0.25, -0.2) is 0 Å². The highest BCUT2D eigenvalue weighted by Gasteiger charge is 2.29. The van der Waals surface area contributed by atoms with Crippen molar-refractivity contribution in [1.29, 1.82) is 0 Å². The summed E-state index contributed by atoms with van der Waals surface area (Å²) < 4.78 is 5.23. The molecule has 3 rings (SSSR count). The Kier molecular flexibility index (Phi) is 6.41. The molecular weight excluding hydrogens is 326 g/mol. The Balaban J connectivity index is 1.43. The molecular formula is C21H34N3O2+. The van der Waals surface area contributed by atoms with Gasteiger partial charge in [-0.05, 0) is 42.5 Å². The summed E-state index contributed by atoms with van der Waals surface area (Å²) in [4.78, 5) is 16.3. The van der Waals surface area contributed by atoms with Crippen LogP contribution in [-0.2, 0) is 4.79 Å². The minimum atomic E-state index is 0.226. The van der Waals surface area contributed by atoms with Gasteiger partial charge in [0.25, 0.3) is 5.91 Å². The lowest BCUT2D eigenvalue weighted by Crippen LogP contribution is -3.16. The number of carbonyl (C=O) groups excluding carboxylic acids is 1. The number of quaternary nitrogens is 1. The number of benzene rings is 1. The van der Waals surface area contributed by atoms with Crippen LogP contribution in [0.4, 0.5) is 5.69 Å². The fourth-order valence-corrected chi connectivity index (χ4v) is 4.32. The third-order valence-corrected chi connectivity index (χ3v) is 6.37. The van der Waals surface area contributed by atoms with Gasteiger partial charge >= 0.3 is 0 Å². The minimum Gasteiger partial charge on any atom is -0.497 e. The van der Waals surface area contributed by atoms with Gasteiger partial charge in [-0.1, -0.05) is 26.7 Å². The molecule has 2 N–H and O–H groups in total. The van der Waals surface area contributed by atoms with Crippen LogP contribution in [0.15, 0.2) is 24.3 Å². The highest BCUT2D eigenvalue weighted by atomic mass is 16.5. The topological polar surface area (TPSA) is 46.0 Å². The lowest BCUT2D eigenvalue weighted by Gasteiger charge is -2.36. The maximum Gasteiger partial charge on any atom is 0.275 e. The monoisotopic (exact) mass is 360 g/mol. The minimum absolute atomic E-state index is 0.226. The van der Waals surface area contributed by atoms with Gasteiger partial charge in [0.05, 0.1) is 33.3 Å². The number of ether oxygens (including phenoxy) is 1. The van der Waals surface area contributed by atoms with Crippen molar-refractivity contribution in [3.8, 4) is 5.75 Å². The average Bonchev–Trinajstić information content (AvgIpc) is 2.66. The summed E-state index contributed by atoms with van der Waals surface area (Å²) in [6, 6.07) is 8.61. The van der Waals surface area contributed by atoms with E-state index in [1.54, 1.807) is 7.11 Å². The van der Waals surface area contributed by atoms with Gasteiger partial charge in [-0.15, -0.1) is 0 Å². The Morgan fingerprint density at radius 1 is 1.19 bits per heavy atom. The van der Waals surface area contributed by atoms with Crippen LogP contribution < -0.4 is 19.9 Å². The fourth-order valence-electron chi connectivity index (χ4n) is 4.32. The molecule has 5 nitrogen and oxygen atoms in total. The van der Waals surface area contributed by atoms with E-state index in [1.807, 2.05) is 12.1 Å². The summed E-state index contributed by atoms with van der Waals surface area (Å²) in [6.07, 6.45) is 3.67. The highest BCUT2D eigenvalue weighted by molar-refractivity contribution is 5.77. The van der Waals surface area contributed by atoms with Crippen LogP contribution in [0.1, 0.15) is 33.1 Å².